The van der Waals surface area contributed by atoms with E-state index in [-0.39, 0.29) is 17.7 Å². The first-order valence-electron chi connectivity index (χ1n) is 9.81. The monoisotopic (exact) mass is 334 g/mol. The van der Waals surface area contributed by atoms with E-state index in [0.717, 1.165) is 45.2 Å². The Bertz CT molecular complexity index is 435. The maximum atomic E-state index is 12.2. The molecule has 2 fully saturated rings. The van der Waals surface area contributed by atoms with Crippen molar-refractivity contribution in [3.8, 4) is 0 Å². The molecule has 0 bridgehead atoms. The fourth-order valence-corrected chi connectivity index (χ4v) is 3.45. The van der Waals surface area contributed by atoms with Crippen molar-refractivity contribution < 1.29 is 9.59 Å². The zero-order chi connectivity index (χ0) is 17.4. The number of nitrogens with one attached hydrogen (secondary N) is 1. The topological polar surface area (TPSA) is 49.4 Å². The van der Waals surface area contributed by atoms with Crippen molar-refractivity contribution in [1.82, 2.24) is 10.2 Å². The van der Waals surface area contributed by atoms with Gasteiger partial charge in [0, 0.05) is 26.1 Å². The fourth-order valence-electron chi connectivity index (χ4n) is 3.45. The minimum atomic E-state index is 0.123. The van der Waals surface area contributed by atoms with E-state index < -0.39 is 0 Å². The Labute approximate surface area is 147 Å². The molecule has 4 nitrogen and oxygen atoms in total. The number of allylic oxidation sites excluding steroid dienone is 1. The quantitative estimate of drug-likeness (QED) is 0.518. The molecule has 1 N–H and O–H groups in total. The van der Waals surface area contributed by atoms with Crippen LogP contribution in [-0.4, -0.2) is 36.9 Å². The second kappa shape index (κ2) is 9.85. The van der Waals surface area contributed by atoms with Gasteiger partial charge in [0.25, 0.3) is 0 Å². The van der Waals surface area contributed by atoms with Crippen LogP contribution < -0.4 is 5.32 Å². The Balaban J connectivity index is 1.62. The minimum absolute atomic E-state index is 0.123. The zero-order valence-corrected chi connectivity index (χ0v) is 15.4. The molecule has 0 aromatic heterocycles. The van der Waals surface area contributed by atoms with Gasteiger partial charge < -0.3 is 10.2 Å². The van der Waals surface area contributed by atoms with Crippen molar-refractivity contribution in [3.05, 3.63) is 12.2 Å². The maximum absolute atomic E-state index is 12.2. The van der Waals surface area contributed by atoms with Crippen LogP contribution >= 0.6 is 0 Å². The summed E-state index contributed by atoms with van der Waals surface area (Å²) in [5, 5.41) is 3.08. The minimum Gasteiger partial charge on any atom is -0.356 e. The van der Waals surface area contributed by atoms with Crippen molar-refractivity contribution in [2.75, 3.05) is 20.1 Å². The summed E-state index contributed by atoms with van der Waals surface area (Å²) in [6.45, 7) is 3.81. The average molecular weight is 335 g/mol. The predicted molar refractivity (Wildman–Crippen MR) is 97.5 cm³/mol. The van der Waals surface area contributed by atoms with Crippen molar-refractivity contribution in [1.29, 1.82) is 0 Å². The highest BCUT2D eigenvalue weighted by Gasteiger charge is 2.27. The molecule has 0 aromatic rings. The second-order valence-electron chi connectivity index (χ2n) is 7.63. The van der Waals surface area contributed by atoms with Gasteiger partial charge in [0.2, 0.25) is 11.8 Å². The van der Waals surface area contributed by atoms with Gasteiger partial charge in [0.15, 0.2) is 0 Å². The van der Waals surface area contributed by atoms with E-state index >= 15 is 0 Å². The lowest BCUT2D eigenvalue weighted by atomic mass is 9.81. The van der Waals surface area contributed by atoms with Gasteiger partial charge in [0.05, 0.1) is 0 Å². The van der Waals surface area contributed by atoms with Crippen LogP contribution in [0.5, 0.6) is 0 Å². The number of nitrogens with zero attached hydrogens (tertiary/aromatic N) is 1. The van der Waals surface area contributed by atoms with Crippen LogP contribution in [0.3, 0.4) is 0 Å². The summed E-state index contributed by atoms with van der Waals surface area (Å²) in [6, 6.07) is 0. The van der Waals surface area contributed by atoms with Gasteiger partial charge in [-0.15, -0.1) is 0 Å². The standard InChI is InChI=1S/C20H34N2O2/c1-3-4-5-14-21-20(24)18-11-8-17(9-12-18)15-22(2)19(23)13-10-16-6-7-16/h10,13,16-18H,3-9,11-12,14-15H2,1-2H3,(H,21,24)/b13-10-. The highest BCUT2D eigenvalue weighted by Crippen LogP contribution is 2.31. The molecule has 2 aliphatic carbocycles. The lowest BCUT2D eigenvalue weighted by Gasteiger charge is -2.30. The van der Waals surface area contributed by atoms with Crippen LogP contribution in [0.15, 0.2) is 12.2 Å². The van der Waals surface area contributed by atoms with Gasteiger partial charge in [-0.05, 0) is 62.9 Å². The first-order chi connectivity index (χ1) is 11.6. The normalized spacial score (nSPS) is 24.1. The van der Waals surface area contributed by atoms with E-state index in [9.17, 15) is 9.59 Å². The van der Waals surface area contributed by atoms with E-state index in [1.54, 1.807) is 6.08 Å². The smallest absolute Gasteiger partial charge is 0.245 e. The molecule has 0 atom stereocenters. The summed E-state index contributed by atoms with van der Waals surface area (Å²) in [6.07, 6.45) is 13.7. The summed E-state index contributed by atoms with van der Waals surface area (Å²) < 4.78 is 0. The molecule has 2 aliphatic rings. The van der Waals surface area contributed by atoms with Gasteiger partial charge in [-0.1, -0.05) is 25.8 Å². The van der Waals surface area contributed by atoms with E-state index in [1.807, 2.05) is 11.9 Å². The molecule has 0 aliphatic heterocycles. The molecule has 4 heteroatoms. The van der Waals surface area contributed by atoms with Gasteiger partial charge in [-0.2, -0.15) is 0 Å². The Kier molecular flexibility index (Phi) is 7.80. The van der Waals surface area contributed by atoms with E-state index in [2.05, 4.69) is 18.3 Å². The summed E-state index contributed by atoms with van der Waals surface area (Å²) >= 11 is 0. The number of carbonyl (C=O) groups excluding carboxylic acids is 2. The Morgan fingerprint density at radius 2 is 1.79 bits per heavy atom. The molecule has 0 radical (unpaired) electrons. The molecule has 0 saturated heterocycles. The molecule has 24 heavy (non-hydrogen) atoms. The number of amides is 2. The molecule has 0 aromatic carbocycles. The SMILES string of the molecule is CCCCCNC(=O)C1CCC(CN(C)C(=O)/C=C\C2CC2)CC1. The van der Waals surface area contributed by atoms with Crippen molar-refractivity contribution in [2.45, 2.75) is 64.7 Å². The summed E-state index contributed by atoms with van der Waals surface area (Å²) in [5.41, 5.74) is 0. The Hall–Kier alpha value is -1.32. The first kappa shape index (κ1) is 19.0. The average Bonchev–Trinajstić information content (AvgIpc) is 3.41. The molecule has 2 amide bonds. The lowest BCUT2D eigenvalue weighted by molar-refractivity contribution is -0.128. The third kappa shape index (κ3) is 6.66. The highest BCUT2D eigenvalue weighted by atomic mass is 16.2. The van der Waals surface area contributed by atoms with E-state index in [1.165, 1.54) is 25.7 Å². The van der Waals surface area contributed by atoms with Crippen LogP contribution in [0.2, 0.25) is 0 Å². The molecule has 2 saturated carbocycles. The third-order valence-corrected chi connectivity index (χ3v) is 5.34. The largest absolute Gasteiger partial charge is 0.356 e. The molecule has 136 valence electrons. The lowest BCUT2D eigenvalue weighted by Crippen LogP contribution is -2.36. The van der Waals surface area contributed by atoms with Crippen LogP contribution in [0, 0.1) is 17.8 Å². The van der Waals surface area contributed by atoms with Crippen LogP contribution in [0.4, 0.5) is 0 Å². The Morgan fingerprint density at radius 1 is 1.08 bits per heavy atom. The van der Waals surface area contributed by atoms with Crippen molar-refractivity contribution in [2.24, 2.45) is 17.8 Å². The van der Waals surface area contributed by atoms with E-state index in [0.29, 0.717) is 11.8 Å². The van der Waals surface area contributed by atoms with E-state index in [4.69, 9.17) is 0 Å². The predicted octanol–water partition coefficient (Wildman–Crippen LogP) is 3.52. The zero-order valence-electron chi connectivity index (χ0n) is 15.4. The van der Waals surface area contributed by atoms with Crippen LogP contribution in [0.25, 0.3) is 0 Å². The maximum Gasteiger partial charge on any atom is 0.245 e. The molecule has 0 unspecified atom stereocenters. The van der Waals surface area contributed by atoms with Gasteiger partial charge in [-0.3, -0.25) is 9.59 Å². The van der Waals surface area contributed by atoms with Crippen LogP contribution in [0.1, 0.15) is 64.7 Å². The molecule has 0 spiro atoms. The van der Waals surface area contributed by atoms with Gasteiger partial charge in [-0.25, -0.2) is 0 Å². The van der Waals surface area contributed by atoms with Crippen LogP contribution in [-0.2, 0) is 9.59 Å². The fraction of sp³-hybridized carbons (Fsp3) is 0.800. The number of rotatable bonds is 9. The molecular formula is C20H34N2O2. The number of hydrogen-bond acceptors (Lipinski definition) is 2. The second-order valence-corrected chi connectivity index (χ2v) is 7.63. The third-order valence-electron chi connectivity index (χ3n) is 5.34. The summed E-state index contributed by atoms with van der Waals surface area (Å²) in [4.78, 5) is 26.1. The van der Waals surface area contributed by atoms with Crippen molar-refractivity contribution in [3.63, 3.8) is 0 Å². The number of carbonyl (C=O) groups is 2. The molecular weight excluding hydrogens is 300 g/mol. The summed E-state index contributed by atoms with van der Waals surface area (Å²) in [7, 11) is 1.89. The molecule has 0 heterocycles. The number of hydrogen-bond donors (Lipinski definition) is 1. The van der Waals surface area contributed by atoms with Gasteiger partial charge in [0.1, 0.15) is 0 Å². The Morgan fingerprint density at radius 3 is 2.42 bits per heavy atom. The number of likely N-dealkylation sites (N-methyl/N-ethyl adjacent to an activating group) is 1. The van der Waals surface area contributed by atoms with Gasteiger partial charge >= 0.3 is 0 Å². The summed E-state index contributed by atoms with van der Waals surface area (Å²) in [5.74, 6) is 1.73. The number of unbranched alkanes of at least 4 members (excludes halogenated alkanes) is 2. The van der Waals surface area contributed by atoms with Crippen molar-refractivity contribution >= 4 is 11.8 Å². The first-order valence-corrected chi connectivity index (χ1v) is 9.81. The highest BCUT2D eigenvalue weighted by molar-refractivity contribution is 5.87. The molecule has 2 rings (SSSR count).